The Hall–Kier alpha value is 0.110. The molecule has 0 aliphatic heterocycles. The lowest BCUT2D eigenvalue weighted by Crippen LogP contribution is -2.38. The molecule has 0 radical (unpaired) electrons. The van der Waals surface area contributed by atoms with Gasteiger partial charge in [0.15, 0.2) is 0 Å². The van der Waals surface area contributed by atoms with Crippen LogP contribution < -0.4 is 5.32 Å². The number of benzene rings is 1. The summed E-state index contributed by atoms with van der Waals surface area (Å²) in [4.78, 5) is 1.23. The molecule has 112 valence electrons. The summed E-state index contributed by atoms with van der Waals surface area (Å²) >= 11 is 14.1. The zero-order chi connectivity index (χ0) is 14.4. The number of hydrogen-bond donors (Lipinski definition) is 1. The topological polar surface area (TPSA) is 12.0 Å². The van der Waals surface area contributed by atoms with Gasteiger partial charge < -0.3 is 5.32 Å². The fraction of sp³-hybridized carbons (Fsp3) is 0.625. The van der Waals surface area contributed by atoms with Crippen LogP contribution in [0.5, 0.6) is 0 Å². The second-order valence-corrected chi connectivity index (χ2v) is 7.51. The van der Waals surface area contributed by atoms with E-state index in [-0.39, 0.29) is 0 Å². The Morgan fingerprint density at radius 3 is 2.55 bits per heavy atom. The molecule has 1 saturated carbocycles. The third-order valence-corrected chi connectivity index (χ3v) is 5.98. The summed E-state index contributed by atoms with van der Waals surface area (Å²) in [6, 6.07) is 6.59. The van der Waals surface area contributed by atoms with Crippen LogP contribution in [0.15, 0.2) is 23.1 Å². The predicted molar refractivity (Wildman–Crippen MR) is 91.3 cm³/mol. The smallest absolute Gasteiger partial charge is 0.0603 e. The van der Waals surface area contributed by atoms with Crippen molar-refractivity contribution >= 4 is 35.0 Å². The Bertz CT molecular complexity index is 425. The van der Waals surface area contributed by atoms with E-state index < -0.39 is 0 Å². The first kappa shape index (κ1) is 16.5. The maximum Gasteiger partial charge on any atom is 0.0603 e. The Balaban J connectivity index is 2.06. The van der Waals surface area contributed by atoms with Gasteiger partial charge in [-0.05, 0) is 37.6 Å². The molecule has 0 amide bonds. The number of thioether (sulfide) groups is 1. The number of hydrogen-bond acceptors (Lipinski definition) is 2. The summed E-state index contributed by atoms with van der Waals surface area (Å²) in [7, 11) is 0. The van der Waals surface area contributed by atoms with Gasteiger partial charge >= 0.3 is 0 Å². The Kier molecular flexibility index (Phi) is 7.03. The van der Waals surface area contributed by atoms with E-state index in [0.717, 1.165) is 6.54 Å². The number of halogens is 2. The van der Waals surface area contributed by atoms with Crippen LogP contribution in [0.1, 0.15) is 45.4 Å². The highest BCUT2D eigenvalue weighted by molar-refractivity contribution is 8.00. The molecule has 1 nitrogen and oxygen atoms in total. The molecule has 1 fully saturated rings. The van der Waals surface area contributed by atoms with Crippen molar-refractivity contribution in [2.75, 3.05) is 6.54 Å². The van der Waals surface area contributed by atoms with Gasteiger partial charge in [0.25, 0.3) is 0 Å². The van der Waals surface area contributed by atoms with Gasteiger partial charge in [0.2, 0.25) is 0 Å². The van der Waals surface area contributed by atoms with E-state index in [0.29, 0.717) is 21.3 Å². The van der Waals surface area contributed by atoms with Crippen LogP contribution in [-0.2, 0) is 0 Å². The summed E-state index contributed by atoms with van der Waals surface area (Å²) in [5.74, 6) is 0. The third-order valence-electron chi connectivity index (χ3n) is 3.85. The minimum absolute atomic E-state index is 0.611. The van der Waals surface area contributed by atoms with Crippen LogP contribution in [-0.4, -0.2) is 17.8 Å². The van der Waals surface area contributed by atoms with Gasteiger partial charge in [0.1, 0.15) is 0 Å². The molecule has 0 bridgehead atoms. The van der Waals surface area contributed by atoms with Crippen molar-refractivity contribution in [2.45, 2.75) is 61.6 Å². The minimum atomic E-state index is 0.611. The summed E-state index contributed by atoms with van der Waals surface area (Å²) in [6.45, 7) is 3.24. The van der Waals surface area contributed by atoms with Gasteiger partial charge in [-0.2, -0.15) is 0 Å². The van der Waals surface area contributed by atoms with E-state index in [1.807, 2.05) is 23.9 Å². The fourth-order valence-corrected chi connectivity index (χ4v) is 4.54. The number of rotatable bonds is 4. The van der Waals surface area contributed by atoms with Gasteiger partial charge in [0, 0.05) is 16.2 Å². The van der Waals surface area contributed by atoms with Crippen molar-refractivity contribution in [2.24, 2.45) is 0 Å². The van der Waals surface area contributed by atoms with Crippen molar-refractivity contribution in [1.82, 2.24) is 5.32 Å². The number of nitrogens with one attached hydrogen (secondary N) is 1. The van der Waals surface area contributed by atoms with E-state index in [2.05, 4.69) is 18.3 Å². The Morgan fingerprint density at radius 1 is 1.10 bits per heavy atom. The molecule has 0 spiro atoms. The average Bonchev–Trinajstić information content (AvgIpc) is 2.41. The SMILES string of the molecule is CCNC1CCCCCCC1Sc1ccc(Cl)c(Cl)c1. The molecule has 0 heterocycles. The van der Waals surface area contributed by atoms with Crippen LogP contribution in [0, 0.1) is 0 Å². The molecule has 2 rings (SSSR count). The molecule has 1 aromatic rings. The normalized spacial score (nSPS) is 24.1. The molecule has 4 heteroatoms. The van der Waals surface area contributed by atoms with Crippen LogP contribution in [0.2, 0.25) is 10.0 Å². The second-order valence-electron chi connectivity index (χ2n) is 5.39. The first-order valence-corrected chi connectivity index (χ1v) is 9.19. The molecule has 2 unspecified atom stereocenters. The largest absolute Gasteiger partial charge is 0.313 e. The highest BCUT2D eigenvalue weighted by Crippen LogP contribution is 2.35. The molecule has 0 saturated heterocycles. The molecular weight excluding hydrogens is 309 g/mol. The van der Waals surface area contributed by atoms with Gasteiger partial charge in [-0.25, -0.2) is 0 Å². The third kappa shape index (κ3) is 4.84. The van der Waals surface area contributed by atoms with E-state index in [1.54, 1.807) is 0 Å². The average molecular weight is 332 g/mol. The highest BCUT2D eigenvalue weighted by Gasteiger charge is 2.23. The lowest BCUT2D eigenvalue weighted by molar-refractivity contribution is 0.406. The lowest BCUT2D eigenvalue weighted by atomic mass is 9.96. The molecule has 20 heavy (non-hydrogen) atoms. The summed E-state index contributed by atoms with van der Waals surface area (Å²) < 4.78 is 0. The van der Waals surface area contributed by atoms with E-state index in [4.69, 9.17) is 23.2 Å². The van der Waals surface area contributed by atoms with Crippen molar-refractivity contribution in [3.8, 4) is 0 Å². The van der Waals surface area contributed by atoms with Gasteiger partial charge in [0.05, 0.1) is 10.0 Å². The fourth-order valence-electron chi connectivity index (χ4n) is 2.81. The second kappa shape index (κ2) is 8.53. The molecule has 1 N–H and O–H groups in total. The van der Waals surface area contributed by atoms with Gasteiger partial charge in [-0.15, -0.1) is 11.8 Å². The Morgan fingerprint density at radius 2 is 1.85 bits per heavy atom. The maximum absolute atomic E-state index is 6.13. The van der Waals surface area contributed by atoms with Gasteiger partial charge in [-0.1, -0.05) is 55.8 Å². The monoisotopic (exact) mass is 331 g/mol. The zero-order valence-electron chi connectivity index (χ0n) is 12.0. The van der Waals surface area contributed by atoms with Crippen LogP contribution >= 0.6 is 35.0 Å². The first-order chi connectivity index (χ1) is 9.70. The molecule has 1 aliphatic rings. The standard InChI is InChI=1S/C16H23Cl2NS/c1-2-19-15-7-5-3-4-6-8-16(15)20-12-9-10-13(17)14(18)11-12/h9-11,15-16,19H,2-8H2,1H3. The molecule has 1 aliphatic carbocycles. The van der Waals surface area contributed by atoms with Crippen molar-refractivity contribution < 1.29 is 0 Å². The zero-order valence-corrected chi connectivity index (χ0v) is 14.3. The van der Waals surface area contributed by atoms with E-state index in [1.165, 1.54) is 43.4 Å². The molecule has 0 aromatic heterocycles. The molecule has 1 aromatic carbocycles. The first-order valence-electron chi connectivity index (χ1n) is 7.55. The quantitative estimate of drug-likeness (QED) is 0.749. The molecular formula is C16H23Cl2NS. The van der Waals surface area contributed by atoms with E-state index >= 15 is 0 Å². The van der Waals surface area contributed by atoms with Crippen LogP contribution in [0.3, 0.4) is 0 Å². The maximum atomic E-state index is 6.13. The lowest BCUT2D eigenvalue weighted by Gasteiger charge is -2.29. The molecule has 2 atom stereocenters. The predicted octanol–water partition coefficient (Wildman–Crippen LogP) is 5.79. The van der Waals surface area contributed by atoms with Crippen molar-refractivity contribution in [3.63, 3.8) is 0 Å². The van der Waals surface area contributed by atoms with Crippen LogP contribution in [0.4, 0.5) is 0 Å². The van der Waals surface area contributed by atoms with Gasteiger partial charge in [-0.3, -0.25) is 0 Å². The minimum Gasteiger partial charge on any atom is -0.313 e. The van der Waals surface area contributed by atoms with Crippen LogP contribution in [0.25, 0.3) is 0 Å². The highest BCUT2D eigenvalue weighted by atomic mass is 35.5. The van der Waals surface area contributed by atoms with Crippen molar-refractivity contribution in [3.05, 3.63) is 28.2 Å². The summed E-state index contributed by atoms with van der Waals surface area (Å²) in [6.07, 6.45) is 8.00. The summed E-state index contributed by atoms with van der Waals surface area (Å²) in [5, 5.41) is 5.59. The Labute approximate surface area is 136 Å². The van der Waals surface area contributed by atoms with E-state index in [9.17, 15) is 0 Å². The summed E-state index contributed by atoms with van der Waals surface area (Å²) in [5.41, 5.74) is 0. The van der Waals surface area contributed by atoms with Crippen molar-refractivity contribution in [1.29, 1.82) is 0 Å².